The zero-order chi connectivity index (χ0) is 5.41. The average molecular weight is 252 g/mol. The maximum absolute atomic E-state index is 3.50. The van der Waals surface area contributed by atoms with Crippen LogP contribution in [-0.2, 0) is 0 Å². The maximum atomic E-state index is 3.50. The van der Waals surface area contributed by atoms with E-state index >= 15 is 0 Å². The van der Waals surface area contributed by atoms with Gasteiger partial charge in [0.05, 0.1) is 0 Å². The Morgan fingerprint density at radius 1 is 0.750 bits per heavy atom. The Morgan fingerprint density at radius 3 is 0.750 bits per heavy atom. The summed E-state index contributed by atoms with van der Waals surface area (Å²) < 4.78 is 0. The van der Waals surface area contributed by atoms with Crippen LogP contribution in [0.15, 0.2) is 0 Å². The van der Waals surface area contributed by atoms with E-state index in [0.717, 1.165) is 0 Å². The van der Waals surface area contributed by atoms with Gasteiger partial charge in [-0.15, -0.1) is 0 Å². The third-order valence-corrected chi connectivity index (χ3v) is 0. The first-order valence-corrected chi connectivity index (χ1v) is 1.79. The Labute approximate surface area is 83.7 Å². The molecule has 0 heterocycles. The normalized spacial score (nSPS) is 4.50. The summed E-state index contributed by atoms with van der Waals surface area (Å²) in [6.45, 7) is 0. The zero-order valence-corrected chi connectivity index (χ0v) is 9.01. The summed E-state index contributed by atoms with van der Waals surface area (Å²) in [4.78, 5) is 0. The smallest absolute Gasteiger partial charge is 0 e. The Kier molecular flexibility index (Phi) is 119. The number of hydrogen-bond donors (Lipinski definition) is 0. The molecular weight excluding hydrogens is 239 g/mol. The summed E-state index contributed by atoms with van der Waals surface area (Å²) in [6, 6.07) is 0. The van der Waals surface area contributed by atoms with Gasteiger partial charge in [-0.2, -0.15) is 28.2 Å². The molecule has 0 saturated heterocycles. The molecule has 4 heteroatoms. The fourth-order valence-corrected chi connectivity index (χ4v) is 0. The Balaban J connectivity index is -0.0000000160. The van der Waals surface area contributed by atoms with Gasteiger partial charge in [-0.3, -0.25) is 4.70 Å². The van der Waals surface area contributed by atoms with Crippen LogP contribution in [0.4, 0.5) is 4.70 Å². The number of rotatable bonds is 0. The molecule has 0 amide bonds. The topological polar surface area (TPSA) is 28.2 Å². The van der Waals surface area contributed by atoms with Crippen LogP contribution in [0.1, 0.15) is 0 Å². The number of hydrogen-bond acceptors (Lipinski definition) is 0. The molecule has 0 aliphatic heterocycles. The third-order valence-electron chi connectivity index (χ3n) is 0. The van der Waals surface area contributed by atoms with Gasteiger partial charge in [0.25, 0.3) is 0 Å². The zero-order valence-electron chi connectivity index (χ0n) is 5.80. The molecule has 52 valence electrons. The van der Waals surface area contributed by atoms with Gasteiger partial charge in [-0.1, -0.05) is 0 Å². The molecule has 0 bridgehead atoms. The van der Waals surface area contributed by atoms with Crippen LogP contribution in [0.3, 0.4) is 0 Å². The van der Waals surface area contributed by atoms with E-state index in [4.69, 9.17) is 0 Å². The molecular formula is C4H13FN2Nd-2. The van der Waals surface area contributed by atoms with Crippen molar-refractivity contribution < 1.29 is 45.5 Å². The van der Waals surface area contributed by atoms with Crippen LogP contribution < -0.4 is 0 Å². The van der Waals surface area contributed by atoms with Gasteiger partial charge in [-0.25, -0.2) is 0 Å². The predicted octanol–water partition coefficient (Wildman–Crippen LogP) is 1.39. The van der Waals surface area contributed by atoms with E-state index < -0.39 is 0 Å². The fourth-order valence-electron chi connectivity index (χ4n) is 0. The van der Waals surface area contributed by atoms with Crippen molar-refractivity contribution in [2.45, 2.75) is 0 Å². The van der Waals surface area contributed by atoms with Crippen LogP contribution in [0.2, 0.25) is 0 Å². The van der Waals surface area contributed by atoms with E-state index in [1.165, 1.54) is 0 Å². The molecule has 0 aromatic heterocycles. The van der Waals surface area contributed by atoms with Crippen molar-refractivity contribution in [3.63, 3.8) is 0 Å². The van der Waals surface area contributed by atoms with E-state index in [0.29, 0.717) is 0 Å². The first-order chi connectivity index (χ1) is 2.83. The van der Waals surface area contributed by atoms with Crippen molar-refractivity contribution in [2.24, 2.45) is 0 Å². The Hall–Kier alpha value is 1.20. The van der Waals surface area contributed by atoms with Crippen molar-refractivity contribution >= 4 is 0 Å². The molecule has 0 spiro atoms. The Morgan fingerprint density at radius 2 is 0.750 bits per heavy atom. The second kappa shape index (κ2) is 41.5. The van der Waals surface area contributed by atoms with Crippen molar-refractivity contribution in [2.75, 3.05) is 28.2 Å². The van der Waals surface area contributed by atoms with Crippen LogP contribution in [-0.4, -0.2) is 28.2 Å². The molecule has 0 unspecified atom stereocenters. The van der Waals surface area contributed by atoms with E-state index in [-0.39, 0.29) is 45.5 Å². The third kappa shape index (κ3) is 192. The second-order valence-electron chi connectivity index (χ2n) is 0.894. The summed E-state index contributed by atoms with van der Waals surface area (Å²) in [6.07, 6.45) is 0. The number of halogens is 1. The summed E-state index contributed by atoms with van der Waals surface area (Å²) in [5, 5.41) is 7.00. The minimum Gasteiger partial charge on any atom is -0.668 e. The Bertz CT molecular complexity index is 16.0. The first kappa shape index (κ1) is 22.9. The van der Waals surface area contributed by atoms with E-state index in [1.54, 1.807) is 28.2 Å². The van der Waals surface area contributed by atoms with Gasteiger partial charge in [0.2, 0.25) is 0 Å². The summed E-state index contributed by atoms with van der Waals surface area (Å²) in [5.74, 6) is 0. The standard InChI is InChI=1S/2C2H6N.FH.Nd/c2*1-3-2;;/h2*1-2H3;1H;/q2*-1;;. The van der Waals surface area contributed by atoms with Crippen molar-refractivity contribution in [1.29, 1.82) is 0 Å². The summed E-state index contributed by atoms with van der Waals surface area (Å²) in [7, 11) is 7.00. The van der Waals surface area contributed by atoms with E-state index in [2.05, 4.69) is 10.6 Å². The molecule has 2 nitrogen and oxygen atoms in total. The van der Waals surface area contributed by atoms with Crippen LogP contribution in [0.5, 0.6) is 0 Å². The van der Waals surface area contributed by atoms with Crippen molar-refractivity contribution in [1.82, 2.24) is 0 Å². The van der Waals surface area contributed by atoms with Gasteiger partial charge < -0.3 is 10.6 Å². The molecule has 0 aromatic carbocycles. The monoisotopic (exact) mass is 250 g/mol. The van der Waals surface area contributed by atoms with Crippen molar-refractivity contribution in [3.05, 3.63) is 10.6 Å². The molecule has 0 saturated carbocycles. The maximum Gasteiger partial charge on any atom is 0 e. The van der Waals surface area contributed by atoms with Crippen LogP contribution in [0.25, 0.3) is 10.6 Å². The van der Waals surface area contributed by atoms with Gasteiger partial charge in [-0.05, 0) is 0 Å². The fraction of sp³-hybridized carbons (Fsp3) is 1.00. The van der Waals surface area contributed by atoms with Gasteiger partial charge in [0, 0.05) is 40.8 Å². The second-order valence-corrected chi connectivity index (χ2v) is 0.894. The molecule has 0 radical (unpaired) electrons. The van der Waals surface area contributed by atoms with E-state index in [9.17, 15) is 0 Å². The molecule has 0 aliphatic carbocycles. The first-order valence-electron chi connectivity index (χ1n) is 1.79. The molecule has 0 atom stereocenters. The molecule has 0 aliphatic rings. The van der Waals surface area contributed by atoms with Crippen LogP contribution >= 0.6 is 0 Å². The quantitative estimate of drug-likeness (QED) is 0.623. The van der Waals surface area contributed by atoms with E-state index in [1.807, 2.05) is 0 Å². The van der Waals surface area contributed by atoms with Crippen LogP contribution in [0, 0.1) is 40.8 Å². The molecule has 0 N–H and O–H groups in total. The molecule has 8 heavy (non-hydrogen) atoms. The summed E-state index contributed by atoms with van der Waals surface area (Å²) >= 11 is 0. The van der Waals surface area contributed by atoms with Gasteiger partial charge in [0.1, 0.15) is 0 Å². The largest absolute Gasteiger partial charge is 0.668 e. The molecule has 0 aromatic rings. The average Bonchev–Trinajstić information content (AvgIpc) is 1.39. The number of nitrogens with zero attached hydrogens (tertiary/aromatic N) is 2. The molecule has 0 rings (SSSR count). The minimum atomic E-state index is 0. The minimum absolute atomic E-state index is 0. The van der Waals surface area contributed by atoms with Gasteiger partial charge >= 0.3 is 0 Å². The predicted molar refractivity (Wildman–Crippen MR) is 32.9 cm³/mol. The molecule has 0 fully saturated rings. The van der Waals surface area contributed by atoms with Gasteiger partial charge in [0.15, 0.2) is 0 Å². The summed E-state index contributed by atoms with van der Waals surface area (Å²) in [5.41, 5.74) is 0. The van der Waals surface area contributed by atoms with Crippen molar-refractivity contribution in [3.8, 4) is 0 Å². The SMILES string of the molecule is C[N-]C.C[N-]C.F.[Nd].